The highest BCUT2D eigenvalue weighted by Crippen LogP contribution is 2.30. The van der Waals surface area contributed by atoms with Crippen LogP contribution in [0.15, 0.2) is 67.0 Å². The Morgan fingerprint density at radius 1 is 0.914 bits per heavy atom. The molecule has 1 aliphatic rings. The van der Waals surface area contributed by atoms with E-state index in [1.165, 1.54) is 36.0 Å². The first-order valence-electron chi connectivity index (χ1n) is 12.7. The number of rotatable bonds is 5. The number of ether oxygens (including phenoxy) is 1. The summed E-state index contributed by atoms with van der Waals surface area (Å²) in [5.74, 6) is 0.0212. The zero-order valence-electron chi connectivity index (χ0n) is 21.1. The summed E-state index contributed by atoms with van der Waals surface area (Å²) in [7, 11) is 1.59. The largest absolute Gasteiger partial charge is 0.375 e. The Hall–Kier alpha value is -3.02. The molecule has 0 atom stereocenters. The van der Waals surface area contributed by atoms with Crippen molar-refractivity contribution < 1.29 is 9.53 Å². The van der Waals surface area contributed by atoms with Crippen molar-refractivity contribution in [1.82, 2.24) is 9.88 Å². The van der Waals surface area contributed by atoms with Gasteiger partial charge in [0.15, 0.2) is 0 Å². The van der Waals surface area contributed by atoms with Gasteiger partial charge >= 0.3 is 0 Å². The van der Waals surface area contributed by atoms with Gasteiger partial charge in [-0.1, -0.05) is 49.6 Å². The first-order valence-corrected chi connectivity index (χ1v) is 12.7. The number of anilines is 1. The third kappa shape index (κ3) is 6.77. The fourth-order valence-electron chi connectivity index (χ4n) is 4.90. The van der Waals surface area contributed by atoms with Gasteiger partial charge in [0.25, 0.3) is 5.91 Å². The normalized spacial score (nSPS) is 15.7. The average molecular weight is 472 g/mol. The summed E-state index contributed by atoms with van der Waals surface area (Å²) < 4.78 is 5.24. The van der Waals surface area contributed by atoms with Crippen molar-refractivity contribution in [3.8, 4) is 11.1 Å². The maximum absolute atomic E-state index is 13.1. The topological polar surface area (TPSA) is 45.7 Å². The number of hydrogen-bond acceptors (Lipinski definition) is 4. The monoisotopic (exact) mass is 471 g/mol. The maximum Gasteiger partial charge on any atom is 0.252 e. The highest BCUT2D eigenvalue weighted by molar-refractivity contribution is 5.95. The van der Waals surface area contributed by atoms with Crippen LogP contribution in [0.2, 0.25) is 0 Å². The Bertz CT molecular complexity index is 1100. The van der Waals surface area contributed by atoms with Gasteiger partial charge in [0, 0.05) is 44.8 Å². The molecule has 0 aliphatic carbocycles. The third-order valence-corrected chi connectivity index (χ3v) is 6.86. The summed E-state index contributed by atoms with van der Waals surface area (Å²) in [6.45, 7) is 5.74. The molecule has 5 heteroatoms. The van der Waals surface area contributed by atoms with Gasteiger partial charge in [-0.2, -0.15) is 0 Å². The van der Waals surface area contributed by atoms with Crippen LogP contribution in [0, 0.1) is 6.92 Å². The minimum Gasteiger partial charge on any atom is -0.375 e. The van der Waals surface area contributed by atoms with E-state index < -0.39 is 0 Å². The fraction of sp³-hybridized carbons (Fsp3) is 0.400. The highest BCUT2D eigenvalue weighted by atomic mass is 16.5. The van der Waals surface area contributed by atoms with Crippen molar-refractivity contribution in [3.05, 3.63) is 83.7 Å². The van der Waals surface area contributed by atoms with Crippen LogP contribution in [0.5, 0.6) is 0 Å². The number of fused-ring (bicyclic) bond motifs is 1. The quantitative estimate of drug-likeness (QED) is 0.458. The summed E-state index contributed by atoms with van der Waals surface area (Å²) in [6, 6.07) is 19.2. The number of aryl methyl sites for hydroxylation is 1. The summed E-state index contributed by atoms with van der Waals surface area (Å²) >= 11 is 0. The Morgan fingerprint density at radius 3 is 2.43 bits per heavy atom. The van der Waals surface area contributed by atoms with Crippen LogP contribution in [0.1, 0.15) is 48.8 Å². The lowest BCUT2D eigenvalue weighted by atomic mass is 10.00. The van der Waals surface area contributed by atoms with Gasteiger partial charge in [0.05, 0.1) is 0 Å². The van der Waals surface area contributed by atoms with E-state index in [1.54, 1.807) is 7.11 Å². The van der Waals surface area contributed by atoms with Crippen LogP contribution in [-0.4, -0.2) is 42.6 Å². The van der Waals surface area contributed by atoms with Gasteiger partial charge in [-0.05, 0) is 78.4 Å². The Labute approximate surface area is 209 Å². The zero-order chi connectivity index (χ0) is 24.5. The molecule has 5 nitrogen and oxygen atoms in total. The van der Waals surface area contributed by atoms with Crippen LogP contribution in [0.3, 0.4) is 0 Å². The molecule has 0 radical (unpaired) electrons. The smallest absolute Gasteiger partial charge is 0.252 e. The fourth-order valence-corrected chi connectivity index (χ4v) is 4.90. The van der Waals surface area contributed by atoms with E-state index in [0.29, 0.717) is 0 Å². The molecule has 0 N–H and O–H groups in total. The van der Waals surface area contributed by atoms with Crippen molar-refractivity contribution in [2.24, 2.45) is 0 Å². The second-order valence-corrected chi connectivity index (χ2v) is 9.46. The van der Waals surface area contributed by atoms with Crippen molar-refractivity contribution in [1.29, 1.82) is 0 Å². The average Bonchev–Trinajstić information content (AvgIpc) is 2.87. The van der Waals surface area contributed by atoms with Crippen LogP contribution < -0.4 is 4.90 Å². The molecule has 0 unspecified atom stereocenters. The number of methoxy groups -OCH3 is 1. The number of aromatic nitrogens is 1. The van der Waals surface area contributed by atoms with Crippen LogP contribution in [-0.2, 0) is 22.6 Å². The number of carbonyl (C=O) groups excluding carboxylic acids is 1. The molecule has 0 saturated carbocycles. The van der Waals surface area contributed by atoms with E-state index in [2.05, 4.69) is 59.3 Å². The van der Waals surface area contributed by atoms with E-state index >= 15 is 0 Å². The molecule has 1 aromatic heterocycles. The van der Waals surface area contributed by atoms with Crippen molar-refractivity contribution in [2.45, 2.75) is 52.1 Å². The van der Waals surface area contributed by atoms with Crippen LogP contribution in [0.25, 0.3) is 11.1 Å². The zero-order valence-corrected chi connectivity index (χ0v) is 21.1. The van der Waals surface area contributed by atoms with Crippen molar-refractivity contribution in [2.75, 3.05) is 31.7 Å². The van der Waals surface area contributed by atoms with Crippen LogP contribution >= 0.6 is 0 Å². The molecule has 0 spiro atoms. The first kappa shape index (κ1) is 25.1. The molecule has 0 saturated heterocycles. The molecular formula is C30H37N3O2. The number of pyridine rings is 1. The van der Waals surface area contributed by atoms with E-state index in [1.807, 2.05) is 29.4 Å². The summed E-state index contributed by atoms with van der Waals surface area (Å²) in [5, 5.41) is 0. The van der Waals surface area contributed by atoms with E-state index in [9.17, 15) is 4.79 Å². The van der Waals surface area contributed by atoms with E-state index in [0.717, 1.165) is 55.8 Å². The summed E-state index contributed by atoms with van der Waals surface area (Å²) in [6.07, 6.45) is 9.42. The molecule has 0 fully saturated rings. The van der Waals surface area contributed by atoms with Gasteiger partial charge in [-0.3, -0.25) is 14.7 Å². The number of benzene rings is 2. The van der Waals surface area contributed by atoms with E-state index in [-0.39, 0.29) is 12.5 Å². The number of carbonyl (C=O) groups is 1. The van der Waals surface area contributed by atoms with Gasteiger partial charge < -0.3 is 9.64 Å². The molecule has 4 rings (SSSR count). The van der Waals surface area contributed by atoms with Gasteiger partial charge in [-0.25, -0.2) is 0 Å². The molecule has 2 heterocycles. The minimum absolute atomic E-state index is 0.0212. The van der Waals surface area contributed by atoms with Gasteiger partial charge in [-0.15, -0.1) is 0 Å². The summed E-state index contributed by atoms with van der Waals surface area (Å²) in [5.41, 5.74) is 7.14. The summed E-state index contributed by atoms with van der Waals surface area (Å²) in [4.78, 5) is 21.8. The van der Waals surface area contributed by atoms with Crippen molar-refractivity contribution >= 4 is 11.6 Å². The minimum atomic E-state index is 0.0212. The standard InChI is InChI=1S/C30H37N3O2/c1-24-10-6-7-11-27(24)21-32-18-8-4-3-5-9-19-33(30(34)23-35-2)29-13-12-26(20-28(29)22-32)25-14-16-31-17-15-25/h6-7,10-17,20H,3-5,8-9,18-19,21-23H2,1-2H3. The van der Waals surface area contributed by atoms with Crippen molar-refractivity contribution in [3.63, 3.8) is 0 Å². The molecule has 3 aromatic rings. The number of nitrogens with zero attached hydrogens (tertiary/aromatic N) is 3. The maximum atomic E-state index is 13.1. The third-order valence-electron chi connectivity index (χ3n) is 6.86. The van der Waals surface area contributed by atoms with Gasteiger partial charge in [0.2, 0.25) is 0 Å². The lowest BCUT2D eigenvalue weighted by Crippen LogP contribution is -2.36. The molecule has 1 aliphatic heterocycles. The molecule has 184 valence electrons. The van der Waals surface area contributed by atoms with Gasteiger partial charge in [0.1, 0.15) is 6.61 Å². The van der Waals surface area contributed by atoms with E-state index in [4.69, 9.17) is 4.74 Å². The SMILES string of the molecule is COCC(=O)N1CCCCCCCN(Cc2ccccc2C)Cc2cc(-c3ccncc3)ccc21. The Balaban J connectivity index is 1.74. The molecular weight excluding hydrogens is 434 g/mol. The Kier molecular flexibility index (Phi) is 9.04. The Morgan fingerprint density at radius 2 is 1.66 bits per heavy atom. The highest BCUT2D eigenvalue weighted by Gasteiger charge is 2.21. The second kappa shape index (κ2) is 12.6. The molecule has 2 aromatic carbocycles. The number of hydrogen-bond donors (Lipinski definition) is 0. The number of amides is 1. The second-order valence-electron chi connectivity index (χ2n) is 9.46. The molecule has 0 bridgehead atoms. The van der Waals surface area contributed by atoms with Crippen LogP contribution in [0.4, 0.5) is 5.69 Å². The predicted molar refractivity (Wildman–Crippen MR) is 142 cm³/mol. The lowest BCUT2D eigenvalue weighted by Gasteiger charge is -2.30. The molecule has 35 heavy (non-hydrogen) atoms. The molecule has 1 amide bonds. The lowest BCUT2D eigenvalue weighted by molar-refractivity contribution is -0.122. The first-order chi connectivity index (χ1) is 17.2. The predicted octanol–water partition coefficient (Wildman–Crippen LogP) is 6.00.